The van der Waals surface area contributed by atoms with Crippen LogP contribution in [0.5, 0.6) is 0 Å². The number of carbonyl (C=O) groups excluding carboxylic acids is 2. The number of benzene rings is 2. The topological polar surface area (TPSA) is 100 Å². The summed E-state index contributed by atoms with van der Waals surface area (Å²) in [4.78, 5) is 39.4. The first-order valence-electron chi connectivity index (χ1n) is 11.3. The summed E-state index contributed by atoms with van der Waals surface area (Å²) in [6, 6.07) is 18.1. The molecule has 0 bridgehead atoms. The number of amides is 1. The van der Waals surface area contributed by atoms with E-state index >= 15 is 0 Å². The van der Waals surface area contributed by atoms with E-state index in [9.17, 15) is 14.4 Å². The number of aryl methyl sites for hydroxylation is 1. The molecule has 5 rings (SSSR count). The molecule has 0 saturated carbocycles. The standard InChI is InChI=1S/C26H22ClN5O4S/c1-15-18-13-21(37-25(18)31(29-15)20-12-8-7-11-19(20)27)26(35)36-14-22(33)28-23-16(2)30(3)32(24(23)34)17-9-5-4-6-10-17/h4-13H,14H2,1-3H3,(H,28,33). The van der Waals surface area contributed by atoms with Gasteiger partial charge in [-0.25, -0.2) is 14.2 Å². The van der Waals surface area contributed by atoms with Gasteiger partial charge in [0.25, 0.3) is 11.5 Å². The summed E-state index contributed by atoms with van der Waals surface area (Å²) >= 11 is 7.54. The van der Waals surface area contributed by atoms with Gasteiger partial charge in [0.1, 0.15) is 15.4 Å². The van der Waals surface area contributed by atoms with Gasteiger partial charge >= 0.3 is 5.97 Å². The number of hydrogen-bond donors (Lipinski definition) is 1. The molecule has 0 fully saturated rings. The molecule has 0 radical (unpaired) electrons. The van der Waals surface area contributed by atoms with Crippen molar-refractivity contribution in [2.75, 3.05) is 11.9 Å². The van der Waals surface area contributed by atoms with Gasteiger partial charge in [0.2, 0.25) is 0 Å². The molecule has 3 aromatic heterocycles. The van der Waals surface area contributed by atoms with Crippen LogP contribution < -0.4 is 10.9 Å². The Hall–Kier alpha value is -4.15. The normalized spacial score (nSPS) is 11.1. The maximum absolute atomic E-state index is 13.0. The van der Waals surface area contributed by atoms with Crippen LogP contribution in [0.4, 0.5) is 5.69 Å². The summed E-state index contributed by atoms with van der Waals surface area (Å²) in [5, 5.41) is 8.46. The number of fused-ring (bicyclic) bond motifs is 1. The van der Waals surface area contributed by atoms with E-state index in [1.54, 1.807) is 47.6 Å². The number of esters is 1. The zero-order valence-corrected chi connectivity index (χ0v) is 21.8. The Morgan fingerprint density at radius 1 is 1.08 bits per heavy atom. The molecular formula is C26H22ClN5O4S. The van der Waals surface area contributed by atoms with Crippen LogP contribution in [0.2, 0.25) is 5.02 Å². The van der Waals surface area contributed by atoms with Gasteiger partial charge in [-0.15, -0.1) is 11.3 Å². The van der Waals surface area contributed by atoms with E-state index in [0.29, 0.717) is 27.0 Å². The van der Waals surface area contributed by atoms with E-state index in [4.69, 9.17) is 16.3 Å². The minimum Gasteiger partial charge on any atom is -0.451 e. The minimum absolute atomic E-state index is 0.129. The number of ether oxygens (including phenoxy) is 1. The predicted molar refractivity (Wildman–Crippen MR) is 143 cm³/mol. The summed E-state index contributed by atoms with van der Waals surface area (Å²) in [5.74, 6) is -1.26. The molecule has 0 spiro atoms. The summed E-state index contributed by atoms with van der Waals surface area (Å²) < 4.78 is 10.1. The van der Waals surface area contributed by atoms with E-state index in [1.165, 1.54) is 16.0 Å². The van der Waals surface area contributed by atoms with Gasteiger partial charge in [0.05, 0.1) is 27.8 Å². The number of halogens is 1. The lowest BCUT2D eigenvalue weighted by Crippen LogP contribution is -2.25. The summed E-state index contributed by atoms with van der Waals surface area (Å²) in [5.41, 5.74) is 2.41. The fourth-order valence-electron chi connectivity index (χ4n) is 4.02. The Kier molecular flexibility index (Phi) is 6.45. The van der Waals surface area contributed by atoms with Crippen LogP contribution in [0.25, 0.3) is 21.6 Å². The quantitative estimate of drug-likeness (QED) is 0.319. The first-order chi connectivity index (χ1) is 17.8. The van der Waals surface area contributed by atoms with Crippen molar-refractivity contribution in [3.8, 4) is 11.4 Å². The highest BCUT2D eigenvalue weighted by atomic mass is 35.5. The minimum atomic E-state index is -0.645. The highest BCUT2D eigenvalue weighted by Crippen LogP contribution is 2.32. The van der Waals surface area contributed by atoms with Gasteiger partial charge in [0.15, 0.2) is 6.61 Å². The maximum atomic E-state index is 13.0. The lowest BCUT2D eigenvalue weighted by atomic mass is 10.3. The van der Waals surface area contributed by atoms with Crippen molar-refractivity contribution >= 4 is 50.7 Å². The number of aromatic nitrogens is 4. The van der Waals surface area contributed by atoms with E-state index in [2.05, 4.69) is 10.4 Å². The maximum Gasteiger partial charge on any atom is 0.348 e. The molecule has 0 saturated heterocycles. The molecule has 1 amide bonds. The van der Waals surface area contributed by atoms with Crippen LogP contribution in [0.3, 0.4) is 0 Å². The smallest absolute Gasteiger partial charge is 0.348 e. The molecule has 2 aromatic carbocycles. The first-order valence-corrected chi connectivity index (χ1v) is 12.5. The second-order valence-electron chi connectivity index (χ2n) is 8.34. The van der Waals surface area contributed by atoms with Crippen LogP contribution in [0.1, 0.15) is 21.1 Å². The molecule has 0 atom stereocenters. The molecule has 0 aliphatic carbocycles. The fourth-order valence-corrected chi connectivity index (χ4v) is 5.31. The Morgan fingerprint density at radius 3 is 2.51 bits per heavy atom. The third-order valence-corrected chi connectivity index (χ3v) is 7.39. The average Bonchev–Trinajstić information content (AvgIpc) is 3.52. The zero-order chi connectivity index (χ0) is 26.3. The fraction of sp³-hybridized carbons (Fsp3) is 0.154. The predicted octanol–water partition coefficient (Wildman–Crippen LogP) is 4.64. The van der Waals surface area contributed by atoms with Crippen molar-refractivity contribution in [2.24, 2.45) is 7.05 Å². The molecule has 188 valence electrons. The number of nitrogens with zero attached hydrogens (tertiary/aromatic N) is 4. The third-order valence-electron chi connectivity index (χ3n) is 5.98. The molecule has 37 heavy (non-hydrogen) atoms. The van der Waals surface area contributed by atoms with Crippen molar-refractivity contribution in [3.05, 3.63) is 92.3 Å². The van der Waals surface area contributed by atoms with Crippen molar-refractivity contribution in [1.82, 2.24) is 19.1 Å². The molecule has 3 heterocycles. The number of anilines is 1. The van der Waals surface area contributed by atoms with Crippen LogP contribution in [0, 0.1) is 13.8 Å². The Balaban J connectivity index is 1.32. The van der Waals surface area contributed by atoms with Crippen molar-refractivity contribution in [3.63, 3.8) is 0 Å². The van der Waals surface area contributed by atoms with Gasteiger partial charge < -0.3 is 10.1 Å². The Morgan fingerprint density at radius 2 is 1.78 bits per heavy atom. The molecule has 11 heteroatoms. The van der Waals surface area contributed by atoms with Crippen LogP contribution >= 0.6 is 22.9 Å². The molecule has 9 nitrogen and oxygen atoms in total. The van der Waals surface area contributed by atoms with E-state index in [0.717, 1.165) is 15.9 Å². The second kappa shape index (κ2) is 9.72. The van der Waals surface area contributed by atoms with Crippen molar-refractivity contribution in [1.29, 1.82) is 0 Å². The highest BCUT2D eigenvalue weighted by molar-refractivity contribution is 7.20. The Bertz CT molecular complexity index is 1710. The molecular weight excluding hydrogens is 514 g/mol. The number of thiophene rings is 1. The van der Waals surface area contributed by atoms with Gasteiger partial charge in [-0.3, -0.25) is 14.3 Å². The SMILES string of the molecule is Cc1nn(-c2ccccc2Cl)c2sc(C(=O)OCC(=O)Nc3c(C)n(C)n(-c4ccccc4)c3=O)cc12. The van der Waals surface area contributed by atoms with E-state index in [1.807, 2.05) is 43.3 Å². The number of hydrogen-bond acceptors (Lipinski definition) is 6. The second-order valence-corrected chi connectivity index (χ2v) is 9.78. The monoisotopic (exact) mass is 535 g/mol. The lowest BCUT2D eigenvalue weighted by molar-refractivity contribution is -0.119. The van der Waals surface area contributed by atoms with Gasteiger partial charge in [-0.2, -0.15) is 5.10 Å². The number of carbonyl (C=O) groups is 2. The molecule has 5 aromatic rings. The molecule has 0 unspecified atom stereocenters. The summed E-state index contributed by atoms with van der Waals surface area (Å²) in [7, 11) is 1.73. The average molecular weight is 536 g/mol. The van der Waals surface area contributed by atoms with Gasteiger partial charge in [-0.05, 0) is 44.2 Å². The summed E-state index contributed by atoms with van der Waals surface area (Å²) in [6.45, 7) is 3.03. The van der Waals surface area contributed by atoms with Gasteiger partial charge in [-0.1, -0.05) is 41.9 Å². The third kappa shape index (κ3) is 4.45. The van der Waals surface area contributed by atoms with Gasteiger partial charge in [0, 0.05) is 12.4 Å². The van der Waals surface area contributed by atoms with Crippen molar-refractivity contribution < 1.29 is 14.3 Å². The molecule has 0 aliphatic rings. The Labute approximate surface area is 220 Å². The highest BCUT2D eigenvalue weighted by Gasteiger charge is 2.21. The van der Waals surface area contributed by atoms with E-state index < -0.39 is 18.5 Å². The number of rotatable bonds is 6. The summed E-state index contributed by atoms with van der Waals surface area (Å²) in [6.07, 6.45) is 0. The van der Waals surface area contributed by atoms with Crippen LogP contribution in [0.15, 0.2) is 65.5 Å². The largest absolute Gasteiger partial charge is 0.451 e. The van der Waals surface area contributed by atoms with Crippen LogP contribution in [-0.4, -0.2) is 37.6 Å². The van der Waals surface area contributed by atoms with E-state index in [-0.39, 0.29) is 11.2 Å². The zero-order valence-electron chi connectivity index (χ0n) is 20.2. The number of nitrogens with one attached hydrogen (secondary N) is 1. The molecule has 0 aliphatic heterocycles. The molecule has 1 N–H and O–H groups in total. The number of para-hydroxylation sites is 2. The first kappa shape index (κ1) is 24.5. The van der Waals surface area contributed by atoms with Crippen LogP contribution in [-0.2, 0) is 16.6 Å². The van der Waals surface area contributed by atoms with Crippen molar-refractivity contribution in [2.45, 2.75) is 13.8 Å². The lowest BCUT2D eigenvalue weighted by Gasteiger charge is -2.07.